The van der Waals surface area contributed by atoms with Crippen LogP contribution in [0.3, 0.4) is 0 Å². The third-order valence-electron chi connectivity index (χ3n) is 3.76. The summed E-state index contributed by atoms with van der Waals surface area (Å²) < 4.78 is 10.3. The lowest BCUT2D eigenvalue weighted by molar-refractivity contribution is -0.136. The van der Waals surface area contributed by atoms with Gasteiger partial charge in [-0.1, -0.05) is 6.07 Å². The second-order valence-electron chi connectivity index (χ2n) is 5.43. The molecule has 1 saturated heterocycles. The van der Waals surface area contributed by atoms with Crippen LogP contribution in [0.1, 0.15) is 25.3 Å². The fraction of sp³-hybridized carbons (Fsp3) is 0.562. The fourth-order valence-electron chi connectivity index (χ4n) is 2.55. The van der Waals surface area contributed by atoms with Crippen molar-refractivity contribution in [2.24, 2.45) is 0 Å². The second kappa shape index (κ2) is 8.47. The molecule has 0 unspecified atom stereocenters. The van der Waals surface area contributed by atoms with Crippen LogP contribution in [0.15, 0.2) is 18.3 Å². The zero-order valence-electron chi connectivity index (χ0n) is 13.6. The molecule has 0 aliphatic carbocycles. The monoisotopic (exact) mass is 321 g/mol. The van der Waals surface area contributed by atoms with Crippen molar-refractivity contribution in [2.45, 2.75) is 32.4 Å². The number of nitrogens with zero attached hydrogens (tertiary/aromatic N) is 2. The first-order chi connectivity index (χ1) is 11.1. The van der Waals surface area contributed by atoms with Crippen molar-refractivity contribution in [1.29, 1.82) is 0 Å². The Balaban J connectivity index is 1.81. The number of pyridine rings is 1. The summed E-state index contributed by atoms with van der Waals surface area (Å²) in [6.07, 6.45) is 3.25. The largest absolute Gasteiger partial charge is 0.475 e. The van der Waals surface area contributed by atoms with Crippen LogP contribution in [-0.4, -0.2) is 54.6 Å². The van der Waals surface area contributed by atoms with E-state index in [1.165, 1.54) is 6.92 Å². The highest BCUT2D eigenvalue weighted by Gasteiger charge is 2.31. The highest BCUT2D eigenvalue weighted by Crippen LogP contribution is 2.17. The minimum absolute atomic E-state index is 0.0538. The van der Waals surface area contributed by atoms with Gasteiger partial charge in [-0.3, -0.25) is 9.59 Å². The number of carbonyl (C=O) groups excluding carboxylic acids is 2. The van der Waals surface area contributed by atoms with E-state index in [1.54, 1.807) is 24.3 Å². The summed E-state index contributed by atoms with van der Waals surface area (Å²) in [6, 6.07) is 3.26. The maximum atomic E-state index is 12.2. The van der Waals surface area contributed by atoms with Crippen molar-refractivity contribution in [2.75, 3.05) is 26.9 Å². The quantitative estimate of drug-likeness (QED) is 0.749. The van der Waals surface area contributed by atoms with Crippen LogP contribution in [0.2, 0.25) is 0 Å². The van der Waals surface area contributed by atoms with E-state index in [4.69, 9.17) is 9.47 Å². The van der Waals surface area contributed by atoms with Crippen LogP contribution in [-0.2, 0) is 20.9 Å². The van der Waals surface area contributed by atoms with Gasteiger partial charge >= 0.3 is 0 Å². The maximum Gasteiger partial charge on any atom is 0.243 e. The molecule has 0 bridgehead atoms. The van der Waals surface area contributed by atoms with Crippen molar-refractivity contribution in [3.05, 3.63) is 23.9 Å². The molecule has 1 fully saturated rings. The first-order valence-electron chi connectivity index (χ1n) is 7.73. The Morgan fingerprint density at radius 3 is 2.87 bits per heavy atom. The normalized spacial score (nSPS) is 17.1. The molecule has 0 aromatic carbocycles. The van der Waals surface area contributed by atoms with Gasteiger partial charge in [-0.25, -0.2) is 4.98 Å². The summed E-state index contributed by atoms with van der Waals surface area (Å²) in [6.45, 7) is 3.49. The van der Waals surface area contributed by atoms with E-state index in [0.717, 1.165) is 18.4 Å². The van der Waals surface area contributed by atoms with E-state index in [1.807, 2.05) is 6.07 Å². The van der Waals surface area contributed by atoms with E-state index < -0.39 is 0 Å². The zero-order chi connectivity index (χ0) is 16.7. The van der Waals surface area contributed by atoms with Gasteiger partial charge in [-0.05, 0) is 18.4 Å². The van der Waals surface area contributed by atoms with E-state index in [-0.39, 0.29) is 17.9 Å². The molecular formula is C16H23N3O4. The molecule has 2 amide bonds. The Hall–Kier alpha value is -2.15. The van der Waals surface area contributed by atoms with Gasteiger partial charge in [-0.15, -0.1) is 0 Å². The lowest BCUT2D eigenvalue weighted by atomic mass is 10.2. The number of amides is 2. The fourth-order valence-corrected chi connectivity index (χ4v) is 2.55. The Morgan fingerprint density at radius 1 is 1.39 bits per heavy atom. The molecular weight excluding hydrogens is 298 g/mol. The summed E-state index contributed by atoms with van der Waals surface area (Å²) in [4.78, 5) is 29.5. The number of nitrogens with one attached hydrogen (secondary N) is 1. The van der Waals surface area contributed by atoms with Gasteiger partial charge < -0.3 is 19.7 Å². The molecule has 1 aliphatic rings. The van der Waals surface area contributed by atoms with Gasteiger partial charge in [0, 0.05) is 39.4 Å². The van der Waals surface area contributed by atoms with Gasteiger partial charge in [-0.2, -0.15) is 0 Å². The van der Waals surface area contributed by atoms with Gasteiger partial charge in [0.15, 0.2) is 0 Å². The molecule has 0 saturated carbocycles. The molecule has 2 rings (SSSR count). The Labute approximate surface area is 136 Å². The smallest absolute Gasteiger partial charge is 0.243 e. The Kier molecular flexibility index (Phi) is 6.34. The lowest BCUT2D eigenvalue weighted by Crippen LogP contribution is -2.44. The Morgan fingerprint density at radius 2 is 2.22 bits per heavy atom. The summed E-state index contributed by atoms with van der Waals surface area (Å²) >= 11 is 0. The third kappa shape index (κ3) is 4.92. The number of carbonyl (C=O) groups is 2. The van der Waals surface area contributed by atoms with Gasteiger partial charge in [0.1, 0.15) is 12.6 Å². The number of likely N-dealkylation sites (tertiary alicyclic amines) is 1. The molecule has 2 heterocycles. The summed E-state index contributed by atoms with van der Waals surface area (Å²) in [5, 5.41) is 2.86. The van der Waals surface area contributed by atoms with Crippen LogP contribution in [0, 0.1) is 0 Å². The van der Waals surface area contributed by atoms with Crippen LogP contribution in [0.5, 0.6) is 5.88 Å². The standard InChI is InChI=1S/C16H23N3O4/c1-12(20)19-7-3-4-14(19)16(21)18-11-13-5-6-15(17-10-13)23-9-8-22-2/h5-6,10,14H,3-4,7-9,11H2,1-2H3,(H,18,21)/t14-/m1/s1. The number of aromatic nitrogens is 1. The number of hydrogen-bond acceptors (Lipinski definition) is 5. The van der Waals surface area contributed by atoms with E-state index >= 15 is 0 Å². The minimum Gasteiger partial charge on any atom is -0.475 e. The Bertz CT molecular complexity index is 533. The molecule has 126 valence electrons. The predicted octanol–water partition coefficient (Wildman–Crippen LogP) is 0.734. The molecule has 0 radical (unpaired) electrons. The lowest BCUT2D eigenvalue weighted by Gasteiger charge is -2.22. The number of methoxy groups -OCH3 is 1. The van der Waals surface area contributed by atoms with Gasteiger partial charge in [0.2, 0.25) is 17.7 Å². The molecule has 7 nitrogen and oxygen atoms in total. The van der Waals surface area contributed by atoms with E-state index in [9.17, 15) is 9.59 Å². The second-order valence-corrected chi connectivity index (χ2v) is 5.43. The van der Waals surface area contributed by atoms with Crippen molar-refractivity contribution in [3.63, 3.8) is 0 Å². The first-order valence-corrected chi connectivity index (χ1v) is 7.73. The topological polar surface area (TPSA) is 80.8 Å². The van der Waals surface area contributed by atoms with Crippen LogP contribution in [0.4, 0.5) is 0 Å². The van der Waals surface area contributed by atoms with Crippen molar-refractivity contribution < 1.29 is 19.1 Å². The molecule has 7 heteroatoms. The number of rotatable bonds is 7. The average molecular weight is 321 g/mol. The molecule has 1 aromatic heterocycles. The summed E-state index contributed by atoms with van der Waals surface area (Å²) in [7, 11) is 1.61. The highest BCUT2D eigenvalue weighted by atomic mass is 16.5. The SMILES string of the molecule is COCCOc1ccc(CNC(=O)[C@H]2CCCN2C(C)=O)cn1. The van der Waals surface area contributed by atoms with E-state index in [2.05, 4.69) is 10.3 Å². The van der Waals surface area contributed by atoms with Crippen LogP contribution >= 0.6 is 0 Å². The summed E-state index contributed by atoms with van der Waals surface area (Å²) in [5.74, 6) is 0.357. The molecule has 1 N–H and O–H groups in total. The average Bonchev–Trinajstić information content (AvgIpc) is 3.04. The maximum absolute atomic E-state index is 12.2. The number of hydrogen-bond donors (Lipinski definition) is 1. The third-order valence-corrected chi connectivity index (χ3v) is 3.76. The number of ether oxygens (including phenoxy) is 2. The molecule has 1 aliphatic heterocycles. The molecule has 1 atom stereocenters. The molecule has 1 aromatic rings. The van der Waals surface area contributed by atoms with Crippen molar-refractivity contribution in [3.8, 4) is 5.88 Å². The van der Waals surface area contributed by atoms with Crippen molar-refractivity contribution in [1.82, 2.24) is 15.2 Å². The van der Waals surface area contributed by atoms with Crippen LogP contribution in [0.25, 0.3) is 0 Å². The molecule has 23 heavy (non-hydrogen) atoms. The summed E-state index contributed by atoms with van der Waals surface area (Å²) in [5.41, 5.74) is 0.879. The van der Waals surface area contributed by atoms with Gasteiger partial charge in [0.25, 0.3) is 0 Å². The molecule has 0 spiro atoms. The van der Waals surface area contributed by atoms with Crippen LogP contribution < -0.4 is 10.1 Å². The highest BCUT2D eigenvalue weighted by molar-refractivity contribution is 5.87. The predicted molar refractivity (Wildman–Crippen MR) is 83.9 cm³/mol. The zero-order valence-corrected chi connectivity index (χ0v) is 13.6. The van der Waals surface area contributed by atoms with Gasteiger partial charge in [0.05, 0.1) is 6.61 Å². The minimum atomic E-state index is -0.350. The first kappa shape index (κ1) is 17.2. The van der Waals surface area contributed by atoms with Crippen molar-refractivity contribution >= 4 is 11.8 Å². The van der Waals surface area contributed by atoms with E-state index in [0.29, 0.717) is 32.2 Å².